The summed E-state index contributed by atoms with van der Waals surface area (Å²) in [4.78, 5) is 4.53. The Balaban J connectivity index is 2.35. The summed E-state index contributed by atoms with van der Waals surface area (Å²) in [6.07, 6.45) is 0. The number of rotatable bonds is 5. The van der Waals surface area contributed by atoms with Crippen LogP contribution in [0, 0.1) is 5.92 Å². The van der Waals surface area contributed by atoms with E-state index in [0.29, 0.717) is 22.7 Å². The molecule has 1 N–H and O–H groups in total. The van der Waals surface area contributed by atoms with Crippen LogP contribution >= 0.6 is 11.6 Å². The fourth-order valence-electron chi connectivity index (χ4n) is 2.38. The van der Waals surface area contributed by atoms with Crippen molar-refractivity contribution in [1.29, 1.82) is 0 Å². The normalized spacial score (nSPS) is 14.5. The van der Waals surface area contributed by atoms with Gasteiger partial charge in [-0.25, -0.2) is 0 Å². The number of hydrogen-bond donors (Lipinski definition) is 1. The second-order valence-corrected chi connectivity index (χ2v) is 5.69. The molecule has 0 saturated heterocycles. The van der Waals surface area contributed by atoms with Crippen LogP contribution in [0.4, 0.5) is 0 Å². The lowest BCUT2D eigenvalue weighted by Crippen LogP contribution is -2.32. The predicted octanol–water partition coefficient (Wildman–Crippen LogP) is 3.74. The molecule has 0 saturated carbocycles. The number of aromatic nitrogens is 2. The maximum absolute atomic E-state index is 6.17. The van der Waals surface area contributed by atoms with Gasteiger partial charge in [0.25, 0.3) is 0 Å². The van der Waals surface area contributed by atoms with E-state index in [1.54, 1.807) is 0 Å². The highest BCUT2D eigenvalue weighted by Gasteiger charge is 2.27. The molecule has 1 aromatic carbocycles. The minimum atomic E-state index is 0.170. The number of hydrogen-bond acceptors (Lipinski definition) is 4. The molecule has 0 fully saturated rings. The Kier molecular flexibility index (Phi) is 4.78. The Labute approximate surface area is 124 Å². The first kappa shape index (κ1) is 15.0. The maximum atomic E-state index is 6.17. The van der Waals surface area contributed by atoms with Crippen molar-refractivity contribution in [3.05, 3.63) is 35.2 Å². The third-order valence-corrected chi connectivity index (χ3v) is 3.88. The second kappa shape index (κ2) is 6.37. The van der Waals surface area contributed by atoms with E-state index in [4.69, 9.17) is 16.1 Å². The minimum Gasteiger partial charge on any atom is -0.339 e. The molecule has 0 spiro atoms. The van der Waals surface area contributed by atoms with E-state index in [1.165, 1.54) is 0 Å². The van der Waals surface area contributed by atoms with E-state index >= 15 is 0 Å². The van der Waals surface area contributed by atoms with Crippen molar-refractivity contribution in [1.82, 2.24) is 15.5 Å². The average Bonchev–Trinajstić information content (AvgIpc) is 2.88. The van der Waals surface area contributed by atoms with Crippen LogP contribution in [-0.4, -0.2) is 23.2 Å². The standard InChI is InChI=1S/C15H20ClN3O/c1-9(2)13(10(3)17-4)15-18-14(19-20-15)11-7-5-6-8-12(11)16/h5-10,13,17H,1-4H3. The van der Waals surface area contributed by atoms with Gasteiger partial charge in [0.2, 0.25) is 11.7 Å². The summed E-state index contributed by atoms with van der Waals surface area (Å²) in [5.74, 6) is 1.76. The molecular formula is C15H20ClN3O. The third-order valence-electron chi connectivity index (χ3n) is 3.55. The predicted molar refractivity (Wildman–Crippen MR) is 80.8 cm³/mol. The van der Waals surface area contributed by atoms with Crippen LogP contribution in [-0.2, 0) is 0 Å². The first-order valence-electron chi connectivity index (χ1n) is 6.80. The van der Waals surface area contributed by atoms with Gasteiger partial charge >= 0.3 is 0 Å². The third kappa shape index (κ3) is 3.02. The van der Waals surface area contributed by atoms with Crippen LogP contribution in [0.2, 0.25) is 5.02 Å². The molecule has 0 radical (unpaired) electrons. The highest BCUT2D eigenvalue weighted by Crippen LogP contribution is 2.30. The number of nitrogens with one attached hydrogen (secondary N) is 1. The van der Waals surface area contributed by atoms with Gasteiger partial charge in [0.05, 0.1) is 10.9 Å². The average molecular weight is 294 g/mol. The Morgan fingerprint density at radius 3 is 2.50 bits per heavy atom. The van der Waals surface area contributed by atoms with Crippen LogP contribution in [0.25, 0.3) is 11.4 Å². The fourth-order valence-corrected chi connectivity index (χ4v) is 2.60. The van der Waals surface area contributed by atoms with E-state index in [9.17, 15) is 0 Å². The van der Waals surface area contributed by atoms with Gasteiger partial charge in [0.15, 0.2) is 0 Å². The van der Waals surface area contributed by atoms with Gasteiger partial charge < -0.3 is 9.84 Å². The summed E-state index contributed by atoms with van der Waals surface area (Å²) in [6, 6.07) is 7.76. The zero-order valence-electron chi connectivity index (χ0n) is 12.2. The summed E-state index contributed by atoms with van der Waals surface area (Å²) in [5.41, 5.74) is 0.795. The van der Waals surface area contributed by atoms with Gasteiger partial charge in [-0.3, -0.25) is 0 Å². The van der Waals surface area contributed by atoms with Gasteiger partial charge in [0, 0.05) is 11.6 Å². The van der Waals surface area contributed by atoms with Gasteiger partial charge in [-0.2, -0.15) is 4.98 Å². The molecule has 2 atom stereocenters. The molecule has 2 unspecified atom stereocenters. The van der Waals surface area contributed by atoms with Gasteiger partial charge in [-0.05, 0) is 32.0 Å². The van der Waals surface area contributed by atoms with Crippen LogP contribution in [0.3, 0.4) is 0 Å². The van der Waals surface area contributed by atoms with Crippen LogP contribution in [0.1, 0.15) is 32.6 Å². The second-order valence-electron chi connectivity index (χ2n) is 5.28. The topological polar surface area (TPSA) is 51.0 Å². The molecule has 0 amide bonds. The molecule has 1 heterocycles. The zero-order valence-corrected chi connectivity index (χ0v) is 13.0. The van der Waals surface area contributed by atoms with E-state index in [-0.39, 0.29) is 12.0 Å². The lowest BCUT2D eigenvalue weighted by molar-refractivity contribution is 0.286. The number of nitrogens with zero attached hydrogens (tertiary/aromatic N) is 2. The molecule has 4 nitrogen and oxygen atoms in total. The molecule has 108 valence electrons. The van der Waals surface area contributed by atoms with E-state index in [0.717, 1.165) is 5.56 Å². The summed E-state index contributed by atoms with van der Waals surface area (Å²) in [6.45, 7) is 6.42. The molecule has 0 aliphatic carbocycles. The molecule has 0 aliphatic heterocycles. The fraction of sp³-hybridized carbons (Fsp3) is 0.467. The van der Waals surface area contributed by atoms with Crippen LogP contribution < -0.4 is 5.32 Å². The molecule has 0 bridgehead atoms. The molecule has 20 heavy (non-hydrogen) atoms. The Morgan fingerprint density at radius 2 is 1.90 bits per heavy atom. The Bertz CT molecular complexity index is 568. The van der Waals surface area contributed by atoms with Crippen molar-refractivity contribution in [2.75, 3.05) is 7.05 Å². The molecule has 1 aromatic heterocycles. The summed E-state index contributed by atoms with van der Waals surface area (Å²) >= 11 is 6.17. The maximum Gasteiger partial charge on any atom is 0.231 e. The Morgan fingerprint density at radius 1 is 1.20 bits per heavy atom. The van der Waals surface area contributed by atoms with Gasteiger partial charge in [-0.15, -0.1) is 0 Å². The van der Waals surface area contributed by atoms with E-state index in [2.05, 4.69) is 36.2 Å². The van der Waals surface area contributed by atoms with Crippen molar-refractivity contribution < 1.29 is 4.52 Å². The van der Waals surface area contributed by atoms with Crippen molar-refractivity contribution >= 4 is 11.6 Å². The van der Waals surface area contributed by atoms with Crippen LogP contribution in [0.15, 0.2) is 28.8 Å². The summed E-state index contributed by atoms with van der Waals surface area (Å²) in [7, 11) is 1.94. The SMILES string of the molecule is CNC(C)C(c1nc(-c2ccccc2Cl)no1)C(C)C. The van der Waals surface area contributed by atoms with Gasteiger partial charge in [0.1, 0.15) is 0 Å². The molecule has 2 aromatic rings. The van der Waals surface area contributed by atoms with Crippen molar-refractivity contribution in [3.63, 3.8) is 0 Å². The molecule has 5 heteroatoms. The van der Waals surface area contributed by atoms with Crippen molar-refractivity contribution in [3.8, 4) is 11.4 Å². The summed E-state index contributed by atoms with van der Waals surface area (Å²) in [5, 5.41) is 7.95. The highest BCUT2D eigenvalue weighted by molar-refractivity contribution is 6.33. The van der Waals surface area contributed by atoms with Crippen LogP contribution in [0.5, 0.6) is 0 Å². The first-order chi connectivity index (χ1) is 9.54. The number of benzene rings is 1. The lowest BCUT2D eigenvalue weighted by atomic mass is 9.89. The van der Waals surface area contributed by atoms with Crippen molar-refractivity contribution in [2.45, 2.75) is 32.7 Å². The molecule has 0 aliphatic rings. The first-order valence-corrected chi connectivity index (χ1v) is 7.18. The Hall–Kier alpha value is -1.39. The summed E-state index contributed by atoms with van der Waals surface area (Å²) < 4.78 is 5.46. The minimum absolute atomic E-state index is 0.170. The van der Waals surface area contributed by atoms with Crippen molar-refractivity contribution in [2.24, 2.45) is 5.92 Å². The highest BCUT2D eigenvalue weighted by atomic mass is 35.5. The number of likely N-dealkylation sites (N-methyl/N-ethyl adjacent to an activating group) is 1. The monoisotopic (exact) mass is 293 g/mol. The molecule has 2 rings (SSSR count). The quantitative estimate of drug-likeness (QED) is 0.912. The smallest absolute Gasteiger partial charge is 0.231 e. The van der Waals surface area contributed by atoms with Gasteiger partial charge in [-0.1, -0.05) is 42.7 Å². The largest absolute Gasteiger partial charge is 0.339 e. The molecular weight excluding hydrogens is 274 g/mol. The lowest BCUT2D eigenvalue weighted by Gasteiger charge is -2.23. The zero-order chi connectivity index (χ0) is 14.7. The van der Waals surface area contributed by atoms with E-state index in [1.807, 2.05) is 31.3 Å². The van der Waals surface area contributed by atoms with E-state index < -0.39 is 0 Å². The number of halogens is 1.